The number of hydrogen-bond acceptors (Lipinski definition) is 3. The summed E-state index contributed by atoms with van der Waals surface area (Å²) in [6, 6.07) is 6.89. The predicted octanol–water partition coefficient (Wildman–Crippen LogP) is 2.09. The Morgan fingerprint density at radius 2 is 2.08 bits per heavy atom. The van der Waals surface area contributed by atoms with Gasteiger partial charge in [-0.1, -0.05) is 12.1 Å². The molecule has 26 heavy (non-hydrogen) atoms. The maximum Gasteiger partial charge on any atom is 0.330 e. The van der Waals surface area contributed by atoms with E-state index in [-0.39, 0.29) is 5.92 Å². The van der Waals surface area contributed by atoms with Crippen molar-refractivity contribution in [3.63, 3.8) is 0 Å². The zero-order chi connectivity index (χ0) is 19.3. The highest BCUT2D eigenvalue weighted by Gasteiger charge is 2.41. The Morgan fingerprint density at radius 1 is 1.35 bits per heavy atom. The normalized spacial score (nSPS) is 17.7. The minimum Gasteiger partial charge on any atom is -0.366 e. The second-order valence-corrected chi connectivity index (χ2v) is 6.32. The lowest BCUT2D eigenvalue weighted by molar-refractivity contribution is -0.170. The Hall–Kier alpha value is -2.16. The SMILES string of the molecule is NC(=O)c1cccc(C[C@@H]2CCN(C(=O)COCC(F)(F)C(F)F)C2)c1. The van der Waals surface area contributed by atoms with Crippen molar-refractivity contribution in [1.29, 1.82) is 0 Å². The molecule has 0 aromatic heterocycles. The first-order chi connectivity index (χ1) is 12.2. The first-order valence-electron chi connectivity index (χ1n) is 8.09. The largest absolute Gasteiger partial charge is 0.366 e. The molecular formula is C17H20F4N2O3. The van der Waals surface area contributed by atoms with Crippen molar-refractivity contribution in [2.24, 2.45) is 11.7 Å². The number of carbonyl (C=O) groups is 2. The summed E-state index contributed by atoms with van der Waals surface area (Å²) in [4.78, 5) is 24.6. The third-order valence-electron chi connectivity index (χ3n) is 4.21. The van der Waals surface area contributed by atoms with Gasteiger partial charge in [0.05, 0.1) is 0 Å². The number of alkyl halides is 4. The van der Waals surface area contributed by atoms with E-state index in [0.29, 0.717) is 31.5 Å². The molecule has 1 atom stereocenters. The average Bonchev–Trinajstić information content (AvgIpc) is 3.03. The molecule has 0 spiro atoms. The number of likely N-dealkylation sites (tertiary alicyclic amines) is 1. The molecule has 1 aliphatic heterocycles. The minimum absolute atomic E-state index is 0.143. The summed E-state index contributed by atoms with van der Waals surface area (Å²) in [7, 11) is 0. The topological polar surface area (TPSA) is 72.6 Å². The van der Waals surface area contributed by atoms with Crippen molar-refractivity contribution < 1.29 is 31.9 Å². The number of nitrogens with two attached hydrogens (primary N) is 1. The number of halogens is 4. The molecular weight excluding hydrogens is 356 g/mol. The summed E-state index contributed by atoms with van der Waals surface area (Å²) < 4.78 is 54.0. The van der Waals surface area contributed by atoms with E-state index in [1.807, 2.05) is 6.07 Å². The van der Waals surface area contributed by atoms with Crippen molar-refractivity contribution in [2.45, 2.75) is 25.2 Å². The summed E-state index contributed by atoms with van der Waals surface area (Å²) in [5, 5.41) is 0. The number of carbonyl (C=O) groups excluding carboxylic acids is 2. The van der Waals surface area contributed by atoms with Crippen LogP contribution in [0.25, 0.3) is 0 Å². The van der Waals surface area contributed by atoms with Crippen molar-refractivity contribution in [1.82, 2.24) is 4.90 Å². The Kier molecular flexibility index (Phi) is 6.57. The van der Waals surface area contributed by atoms with E-state index in [0.717, 1.165) is 5.56 Å². The van der Waals surface area contributed by atoms with Crippen LogP contribution in [0.3, 0.4) is 0 Å². The highest BCUT2D eigenvalue weighted by Crippen LogP contribution is 2.24. The molecule has 1 heterocycles. The lowest BCUT2D eigenvalue weighted by Gasteiger charge is -2.19. The van der Waals surface area contributed by atoms with Crippen molar-refractivity contribution in [3.05, 3.63) is 35.4 Å². The predicted molar refractivity (Wildman–Crippen MR) is 85.1 cm³/mol. The van der Waals surface area contributed by atoms with Gasteiger partial charge in [-0.3, -0.25) is 9.59 Å². The van der Waals surface area contributed by atoms with Gasteiger partial charge in [-0.25, -0.2) is 8.78 Å². The molecule has 2 amide bonds. The molecule has 0 aliphatic carbocycles. The van der Waals surface area contributed by atoms with Gasteiger partial charge in [0.25, 0.3) is 0 Å². The fourth-order valence-electron chi connectivity index (χ4n) is 2.84. The maximum atomic E-state index is 12.7. The Bertz CT molecular complexity index is 655. The van der Waals surface area contributed by atoms with E-state index in [1.54, 1.807) is 18.2 Å². The van der Waals surface area contributed by atoms with E-state index in [1.165, 1.54) is 4.90 Å². The molecule has 2 N–H and O–H groups in total. The first kappa shape index (κ1) is 20.2. The van der Waals surface area contributed by atoms with Gasteiger partial charge >= 0.3 is 12.3 Å². The van der Waals surface area contributed by atoms with Crippen LogP contribution < -0.4 is 5.73 Å². The van der Waals surface area contributed by atoms with Crippen molar-refractivity contribution in [3.8, 4) is 0 Å². The number of ether oxygens (including phenoxy) is 1. The molecule has 1 aromatic carbocycles. The summed E-state index contributed by atoms with van der Waals surface area (Å²) >= 11 is 0. The fraction of sp³-hybridized carbons (Fsp3) is 0.529. The molecule has 1 aromatic rings. The van der Waals surface area contributed by atoms with Crippen LogP contribution in [0.5, 0.6) is 0 Å². The summed E-state index contributed by atoms with van der Waals surface area (Å²) in [6.07, 6.45) is -2.49. The number of primary amides is 1. The quantitative estimate of drug-likeness (QED) is 0.706. The van der Waals surface area contributed by atoms with Gasteiger partial charge in [0.15, 0.2) is 0 Å². The van der Waals surface area contributed by atoms with E-state index in [2.05, 4.69) is 4.74 Å². The van der Waals surface area contributed by atoms with Crippen LogP contribution in [-0.4, -0.2) is 55.4 Å². The summed E-state index contributed by atoms with van der Waals surface area (Å²) in [5.41, 5.74) is 6.56. The van der Waals surface area contributed by atoms with Gasteiger partial charge in [-0.15, -0.1) is 0 Å². The number of amides is 2. The molecule has 5 nitrogen and oxygen atoms in total. The third kappa shape index (κ3) is 5.42. The van der Waals surface area contributed by atoms with Gasteiger partial charge in [-0.2, -0.15) is 8.78 Å². The number of rotatable bonds is 8. The van der Waals surface area contributed by atoms with Crippen LogP contribution in [-0.2, 0) is 16.0 Å². The highest BCUT2D eigenvalue weighted by atomic mass is 19.3. The Balaban J connectivity index is 1.80. The molecule has 1 fully saturated rings. The lowest BCUT2D eigenvalue weighted by Crippen LogP contribution is -2.36. The average molecular weight is 376 g/mol. The molecule has 0 unspecified atom stereocenters. The van der Waals surface area contributed by atoms with E-state index in [4.69, 9.17) is 5.73 Å². The van der Waals surface area contributed by atoms with Crippen molar-refractivity contribution in [2.75, 3.05) is 26.3 Å². The second-order valence-electron chi connectivity index (χ2n) is 6.32. The molecule has 9 heteroatoms. The zero-order valence-electron chi connectivity index (χ0n) is 14.0. The highest BCUT2D eigenvalue weighted by molar-refractivity contribution is 5.92. The summed E-state index contributed by atoms with van der Waals surface area (Å²) in [5.74, 6) is -5.15. The molecule has 0 radical (unpaired) electrons. The number of benzene rings is 1. The Morgan fingerprint density at radius 3 is 2.73 bits per heavy atom. The molecule has 0 bridgehead atoms. The lowest BCUT2D eigenvalue weighted by atomic mass is 9.97. The second kappa shape index (κ2) is 8.48. The van der Waals surface area contributed by atoms with Crippen LogP contribution >= 0.6 is 0 Å². The number of nitrogens with zero attached hydrogens (tertiary/aromatic N) is 1. The summed E-state index contributed by atoms with van der Waals surface area (Å²) in [6.45, 7) is -1.30. The minimum atomic E-state index is -4.26. The molecule has 1 saturated heterocycles. The Labute approximate surface area is 148 Å². The van der Waals surface area contributed by atoms with E-state index < -0.39 is 37.4 Å². The monoisotopic (exact) mass is 376 g/mol. The van der Waals surface area contributed by atoms with Gasteiger partial charge < -0.3 is 15.4 Å². The third-order valence-corrected chi connectivity index (χ3v) is 4.21. The maximum absolute atomic E-state index is 12.7. The zero-order valence-corrected chi connectivity index (χ0v) is 14.0. The van der Waals surface area contributed by atoms with Gasteiger partial charge in [0.1, 0.15) is 13.2 Å². The molecule has 144 valence electrons. The van der Waals surface area contributed by atoms with Crippen LogP contribution in [0.2, 0.25) is 0 Å². The van der Waals surface area contributed by atoms with Crippen LogP contribution in [0, 0.1) is 5.92 Å². The smallest absolute Gasteiger partial charge is 0.330 e. The number of hydrogen-bond donors (Lipinski definition) is 1. The molecule has 1 aliphatic rings. The van der Waals surface area contributed by atoms with Gasteiger partial charge in [-0.05, 0) is 36.5 Å². The van der Waals surface area contributed by atoms with Gasteiger partial charge in [0, 0.05) is 18.7 Å². The van der Waals surface area contributed by atoms with Crippen LogP contribution in [0.1, 0.15) is 22.3 Å². The van der Waals surface area contributed by atoms with Crippen molar-refractivity contribution >= 4 is 11.8 Å². The molecule has 2 rings (SSSR count). The molecule has 0 saturated carbocycles. The van der Waals surface area contributed by atoms with Gasteiger partial charge in [0.2, 0.25) is 11.8 Å². The fourth-order valence-corrected chi connectivity index (χ4v) is 2.84. The van der Waals surface area contributed by atoms with Crippen LogP contribution in [0.4, 0.5) is 17.6 Å². The van der Waals surface area contributed by atoms with E-state index in [9.17, 15) is 27.2 Å². The first-order valence-corrected chi connectivity index (χ1v) is 8.09. The van der Waals surface area contributed by atoms with Crippen LogP contribution in [0.15, 0.2) is 24.3 Å². The van der Waals surface area contributed by atoms with E-state index >= 15 is 0 Å². The standard InChI is InChI=1S/C17H20F4N2O3/c18-16(19)17(20,21)10-26-9-14(24)23-5-4-12(8-23)6-11-2-1-3-13(7-11)15(22)25/h1-3,7,12,16H,4-6,8-10H2,(H2,22,25)/t12-/m0/s1.